The van der Waals surface area contributed by atoms with Gasteiger partial charge < -0.3 is 24.0 Å². The zero-order valence-corrected chi connectivity index (χ0v) is 17.8. The summed E-state index contributed by atoms with van der Waals surface area (Å²) >= 11 is 0. The van der Waals surface area contributed by atoms with E-state index in [1.54, 1.807) is 7.11 Å². The number of amides is 1. The van der Waals surface area contributed by atoms with E-state index in [1.165, 1.54) is 6.42 Å². The number of aromatic nitrogens is 1. The number of piperidine rings is 1. The molecule has 29 heavy (non-hydrogen) atoms. The van der Waals surface area contributed by atoms with Crippen LogP contribution < -0.4 is 4.90 Å². The molecule has 7 nitrogen and oxygen atoms in total. The van der Waals surface area contributed by atoms with E-state index < -0.39 is 0 Å². The maximum Gasteiger partial charge on any atom is 0.248 e. The second-order valence-electron chi connectivity index (χ2n) is 7.78. The minimum Gasteiger partial charge on any atom is -0.375 e. The summed E-state index contributed by atoms with van der Waals surface area (Å²) in [5, 5.41) is 4.42. The third kappa shape index (κ3) is 5.58. The van der Waals surface area contributed by atoms with Crippen LogP contribution in [0.25, 0.3) is 11.3 Å². The normalized spacial score (nSPS) is 14.4. The van der Waals surface area contributed by atoms with E-state index >= 15 is 0 Å². The van der Waals surface area contributed by atoms with Gasteiger partial charge in [0, 0.05) is 38.9 Å². The van der Waals surface area contributed by atoms with E-state index in [1.807, 2.05) is 49.3 Å². The van der Waals surface area contributed by atoms with Gasteiger partial charge >= 0.3 is 0 Å². The molecule has 2 aromatic rings. The van der Waals surface area contributed by atoms with Gasteiger partial charge in [-0.05, 0) is 33.4 Å². The van der Waals surface area contributed by atoms with Crippen molar-refractivity contribution in [3.63, 3.8) is 0 Å². The van der Waals surface area contributed by atoms with Crippen molar-refractivity contribution in [1.82, 2.24) is 15.0 Å². The van der Waals surface area contributed by atoms with Crippen molar-refractivity contribution in [2.75, 3.05) is 58.9 Å². The average molecular weight is 401 g/mol. The number of methoxy groups -OCH3 is 1. The van der Waals surface area contributed by atoms with Gasteiger partial charge in [-0.2, -0.15) is 0 Å². The van der Waals surface area contributed by atoms with Crippen LogP contribution in [0.2, 0.25) is 0 Å². The van der Waals surface area contributed by atoms with Crippen molar-refractivity contribution in [3.05, 3.63) is 35.9 Å². The molecule has 0 spiro atoms. The quantitative estimate of drug-likeness (QED) is 0.645. The third-order valence-corrected chi connectivity index (χ3v) is 5.24. The molecule has 0 saturated carbocycles. The zero-order chi connectivity index (χ0) is 20.6. The van der Waals surface area contributed by atoms with Gasteiger partial charge in [0.15, 0.2) is 0 Å². The Hall–Kier alpha value is -2.38. The van der Waals surface area contributed by atoms with Crippen molar-refractivity contribution in [2.24, 2.45) is 0 Å². The van der Waals surface area contributed by atoms with Crippen LogP contribution >= 0.6 is 0 Å². The lowest BCUT2D eigenvalue weighted by molar-refractivity contribution is -0.135. The predicted molar refractivity (Wildman–Crippen MR) is 114 cm³/mol. The number of benzene rings is 1. The first-order chi connectivity index (χ1) is 14.1. The highest BCUT2D eigenvalue weighted by Crippen LogP contribution is 2.33. The maximum atomic E-state index is 12.7. The molecule has 1 aliphatic heterocycles. The molecule has 0 radical (unpaired) electrons. The maximum absolute atomic E-state index is 12.7. The van der Waals surface area contributed by atoms with Crippen LogP contribution in [0.3, 0.4) is 0 Å². The number of ether oxygens (including phenoxy) is 1. The summed E-state index contributed by atoms with van der Waals surface area (Å²) < 4.78 is 11.0. The number of carbonyl (C=O) groups is 1. The Morgan fingerprint density at radius 2 is 1.86 bits per heavy atom. The smallest absolute Gasteiger partial charge is 0.248 e. The molecule has 1 aromatic heterocycles. The molecule has 0 aliphatic carbocycles. The monoisotopic (exact) mass is 400 g/mol. The minimum atomic E-state index is -0.0286. The summed E-state index contributed by atoms with van der Waals surface area (Å²) in [6.07, 6.45) is 3.54. The molecule has 1 fully saturated rings. The lowest BCUT2D eigenvalue weighted by atomic mass is 10.1. The van der Waals surface area contributed by atoms with E-state index in [-0.39, 0.29) is 12.5 Å². The Balaban J connectivity index is 1.94. The van der Waals surface area contributed by atoms with Crippen LogP contribution in [-0.2, 0) is 16.1 Å². The molecule has 0 N–H and O–H groups in total. The lowest BCUT2D eigenvalue weighted by Crippen LogP contribution is -2.39. The Bertz CT molecular complexity index is 770. The van der Waals surface area contributed by atoms with Gasteiger partial charge in [0.1, 0.15) is 12.3 Å². The van der Waals surface area contributed by atoms with E-state index in [0.717, 1.165) is 55.2 Å². The predicted octanol–water partition coefficient (Wildman–Crippen LogP) is 2.87. The van der Waals surface area contributed by atoms with Gasteiger partial charge in [-0.15, -0.1) is 0 Å². The number of carbonyl (C=O) groups excluding carboxylic acids is 1. The Morgan fingerprint density at radius 3 is 2.52 bits per heavy atom. The molecule has 0 unspecified atom stereocenters. The van der Waals surface area contributed by atoms with Crippen LogP contribution in [0.15, 0.2) is 34.9 Å². The van der Waals surface area contributed by atoms with E-state index in [2.05, 4.69) is 15.0 Å². The second-order valence-corrected chi connectivity index (χ2v) is 7.78. The van der Waals surface area contributed by atoms with Crippen molar-refractivity contribution in [1.29, 1.82) is 0 Å². The number of likely N-dealkylation sites (N-methyl/N-ethyl adjacent to an activating group) is 1. The zero-order valence-electron chi connectivity index (χ0n) is 17.8. The summed E-state index contributed by atoms with van der Waals surface area (Å²) in [6.45, 7) is 3.84. The van der Waals surface area contributed by atoms with Crippen LogP contribution in [0, 0.1) is 0 Å². The second kappa shape index (κ2) is 10.4. The van der Waals surface area contributed by atoms with Crippen LogP contribution in [0.4, 0.5) is 5.88 Å². The van der Waals surface area contributed by atoms with Crippen molar-refractivity contribution >= 4 is 11.8 Å². The Morgan fingerprint density at radius 1 is 1.14 bits per heavy atom. The molecule has 3 rings (SSSR count). The fourth-order valence-corrected chi connectivity index (χ4v) is 3.63. The number of nitrogens with zero attached hydrogens (tertiary/aromatic N) is 4. The van der Waals surface area contributed by atoms with Crippen molar-refractivity contribution in [2.45, 2.75) is 25.8 Å². The molecular formula is C22H32N4O3. The molecule has 2 heterocycles. The van der Waals surface area contributed by atoms with Gasteiger partial charge in [-0.25, -0.2) is 0 Å². The van der Waals surface area contributed by atoms with Crippen LogP contribution in [0.5, 0.6) is 0 Å². The van der Waals surface area contributed by atoms with Crippen LogP contribution in [0.1, 0.15) is 24.8 Å². The van der Waals surface area contributed by atoms with Gasteiger partial charge in [0.25, 0.3) is 0 Å². The first-order valence-corrected chi connectivity index (χ1v) is 10.3. The first-order valence-electron chi connectivity index (χ1n) is 10.3. The SMILES string of the molecule is COCC(=O)N(CCN(C)C)Cc1c(-c2ccccc2)noc1N1CCCCC1. The van der Waals surface area contributed by atoms with Gasteiger partial charge in [-0.3, -0.25) is 4.79 Å². The fourth-order valence-electron chi connectivity index (χ4n) is 3.63. The highest BCUT2D eigenvalue weighted by atomic mass is 16.5. The fraction of sp³-hybridized carbons (Fsp3) is 0.545. The third-order valence-electron chi connectivity index (χ3n) is 5.24. The Labute approximate surface area is 173 Å². The lowest BCUT2D eigenvalue weighted by Gasteiger charge is -2.29. The molecule has 7 heteroatoms. The topological polar surface area (TPSA) is 62.1 Å². The highest BCUT2D eigenvalue weighted by Gasteiger charge is 2.27. The number of rotatable bonds is 9. The van der Waals surface area contributed by atoms with Crippen molar-refractivity contribution < 1.29 is 14.1 Å². The number of anilines is 1. The summed E-state index contributed by atoms with van der Waals surface area (Å²) in [5.74, 6) is 0.766. The average Bonchev–Trinajstić information content (AvgIpc) is 3.16. The Kier molecular flexibility index (Phi) is 7.66. The minimum absolute atomic E-state index is 0.0286. The summed E-state index contributed by atoms with van der Waals surface area (Å²) in [6, 6.07) is 10.0. The molecule has 1 saturated heterocycles. The summed E-state index contributed by atoms with van der Waals surface area (Å²) in [5.41, 5.74) is 2.79. The number of hydrogen-bond acceptors (Lipinski definition) is 6. The molecule has 1 aromatic carbocycles. The molecule has 1 aliphatic rings. The van der Waals surface area contributed by atoms with E-state index in [9.17, 15) is 4.79 Å². The molecule has 158 valence electrons. The van der Waals surface area contributed by atoms with Gasteiger partial charge in [0.2, 0.25) is 11.8 Å². The van der Waals surface area contributed by atoms with Gasteiger partial charge in [-0.1, -0.05) is 35.5 Å². The standard InChI is InChI=1S/C22H32N4O3/c1-24(2)14-15-26(20(27)17-28-3)16-19-21(18-10-6-4-7-11-18)23-29-22(19)25-12-8-5-9-13-25/h4,6-7,10-11H,5,8-9,12-17H2,1-3H3. The molecule has 0 atom stereocenters. The van der Waals surface area contributed by atoms with E-state index in [4.69, 9.17) is 9.26 Å². The summed E-state index contributed by atoms with van der Waals surface area (Å²) in [7, 11) is 5.57. The van der Waals surface area contributed by atoms with Crippen LogP contribution in [-0.4, -0.2) is 74.9 Å². The largest absolute Gasteiger partial charge is 0.375 e. The summed E-state index contributed by atoms with van der Waals surface area (Å²) in [4.78, 5) is 18.9. The molecule has 1 amide bonds. The van der Waals surface area contributed by atoms with Crippen molar-refractivity contribution in [3.8, 4) is 11.3 Å². The van der Waals surface area contributed by atoms with E-state index in [0.29, 0.717) is 13.1 Å². The highest BCUT2D eigenvalue weighted by molar-refractivity contribution is 5.78. The molecule has 0 bridgehead atoms. The van der Waals surface area contributed by atoms with Gasteiger partial charge in [0.05, 0.1) is 12.1 Å². The first kappa shape index (κ1) is 21.3. The molecular weight excluding hydrogens is 368 g/mol. The number of hydrogen-bond donors (Lipinski definition) is 0.